The Balaban J connectivity index is 1.89. The summed E-state index contributed by atoms with van der Waals surface area (Å²) in [5.41, 5.74) is 2.04. The van der Waals surface area contributed by atoms with Crippen LogP contribution in [0, 0.1) is 0 Å². The van der Waals surface area contributed by atoms with Crippen molar-refractivity contribution >= 4 is 18.0 Å². The highest BCUT2D eigenvalue weighted by molar-refractivity contribution is 5.80. The number of hydrogen-bond acceptors (Lipinski definition) is 3. The zero-order valence-corrected chi connectivity index (χ0v) is 11.4. The number of allylic oxidation sites excluding steroid dienone is 1. The molecular weight excluding hydrogens is 250 g/mol. The lowest BCUT2D eigenvalue weighted by atomic mass is 10.2. The SMILES string of the molecule is COCOc1ccc(N=C/C=C/c2ccccc2)cc1. The second-order valence-corrected chi connectivity index (χ2v) is 4.09. The van der Waals surface area contributed by atoms with Crippen molar-refractivity contribution in [2.45, 2.75) is 0 Å². The quantitative estimate of drug-likeness (QED) is 0.583. The molecule has 0 unspecified atom stereocenters. The summed E-state index contributed by atoms with van der Waals surface area (Å²) in [6.07, 6.45) is 5.71. The lowest BCUT2D eigenvalue weighted by Crippen LogP contribution is -1.97. The van der Waals surface area contributed by atoms with Crippen LogP contribution in [0.5, 0.6) is 5.75 Å². The highest BCUT2D eigenvalue weighted by Crippen LogP contribution is 2.17. The number of aliphatic imine (C=N–C) groups is 1. The number of rotatable bonds is 6. The van der Waals surface area contributed by atoms with Crippen LogP contribution in [0.4, 0.5) is 5.69 Å². The molecule has 2 rings (SSSR count). The van der Waals surface area contributed by atoms with E-state index in [1.165, 1.54) is 0 Å². The number of benzene rings is 2. The van der Waals surface area contributed by atoms with E-state index in [0.29, 0.717) is 0 Å². The summed E-state index contributed by atoms with van der Waals surface area (Å²) in [4.78, 5) is 4.34. The Hall–Kier alpha value is -2.39. The molecule has 0 N–H and O–H groups in total. The Morgan fingerprint density at radius 3 is 2.45 bits per heavy atom. The van der Waals surface area contributed by atoms with Gasteiger partial charge in [-0.1, -0.05) is 36.4 Å². The largest absolute Gasteiger partial charge is 0.468 e. The van der Waals surface area contributed by atoms with E-state index in [0.717, 1.165) is 17.0 Å². The molecular formula is C17H17NO2. The molecule has 0 aliphatic rings. The standard InChI is InChI=1S/C17H17NO2/c1-19-14-20-17-11-9-16(10-12-17)18-13-5-8-15-6-3-2-4-7-15/h2-13H,14H2,1H3/b8-5+,18-13?. The van der Waals surface area contributed by atoms with Gasteiger partial charge in [-0.2, -0.15) is 0 Å². The molecule has 0 spiro atoms. The molecule has 102 valence electrons. The van der Waals surface area contributed by atoms with E-state index >= 15 is 0 Å². The Kier molecular flexibility index (Phi) is 5.55. The number of methoxy groups -OCH3 is 1. The van der Waals surface area contributed by atoms with Crippen molar-refractivity contribution in [2.75, 3.05) is 13.9 Å². The van der Waals surface area contributed by atoms with Crippen molar-refractivity contribution in [3.8, 4) is 5.75 Å². The zero-order chi connectivity index (χ0) is 14.0. The molecule has 0 heterocycles. The second kappa shape index (κ2) is 7.92. The van der Waals surface area contributed by atoms with Crippen LogP contribution in [0.2, 0.25) is 0 Å². The van der Waals surface area contributed by atoms with E-state index < -0.39 is 0 Å². The maximum absolute atomic E-state index is 5.31. The fourth-order valence-corrected chi connectivity index (χ4v) is 1.60. The predicted octanol–water partition coefficient (Wildman–Crippen LogP) is 4.09. The lowest BCUT2D eigenvalue weighted by Gasteiger charge is -2.03. The second-order valence-electron chi connectivity index (χ2n) is 4.09. The van der Waals surface area contributed by atoms with Gasteiger partial charge in [0.1, 0.15) is 5.75 Å². The van der Waals surface area contributed by atoms with E-state index in [9.17, 15) is 0 Å². The predicted molar refractivity (Wildman–Crippen MR) is 82.6 cm³/mol. The van der Waals surface area contributed by atoms with Crippen LogP contribution in [0.3, 0.4) is 0 Å². The van der Waals surface area contributed by atoms with Crippen LogP contribution < -0.4 is 4.74 Å². The van der Waals surface area contributed by atoms with Crippen molar-refractivity contribution in [1.82, 2.24) is 0 Å². The average molecular weight is 267 g/mol. The van der Waals surface area contributed by atoms with Gasteiger partial charge in [0.2, 0.25) is 0 Å². The smallest absolute Gasteiger partial charge is 0.188 e. The lowest BCUT2D eigenvalue weighted by molar-refractivity contribution is 0.0511. The van der Waals surface area contributed by atoms with E-state index in [1.54, 1.807) is 13.3 Å². The normalized spacial score (nSPS) is 11.2. The molecule has 0 atom stereocenters. The molecule has 0 aliphatic carbocycles. The molecule has 3 nitrogen and oxygen atoms in total. The Bertz CT molecular complexity index is 559. The zero-order valence-electron chi connectivity index (χ0n) is 11.4. The van der Waals surface area contributed by atoms with Crippen molar-refractivity contribution in [3.05, 3.63) is 66.2 Å². The molecule has 0 saturated carbocycles. The first-order valence-electron chi connectivity index (χ1n) is 6.36. The van der Waals surface area contributed by atoms with Gasteiger partial charge in [0.15, 0.2) is 6.79 Å². The maximum Gasteiger partial charge on any atom is 0.188 e. The molecule has 0 aromatic heterocycles. The third-order valence-electron chi connectivity index (χ3n) is 2.58. The molecule has 0 fully saturated rings. The van der Waals surface area contributed by atoms with Crippen LogP contribution >= 0.6 is 0 Å². The molecule has 20 heavy (non-hydrogen) atoms. The Morgan fingerprint density at radius 1 is 1.00 bits per heavy atom. The van der Waals surface area contributed by atoms with Gasteiger partial charge < -0.3 is 9.47 Å². The van der Waals surface area contributed by atoms with Gasteiger partial charge in [0, 0.05) is 13.3 Å². The molecule has 0 radical (unpaired) electrons. The van der Waals surface area contributed by atoms with Crippen molar-refractivity contribution in [2.24, 2.45) is 4.99 Å². The summed E-state index contributed by atoms with van der Waals surface area (Å²) in [5, 5.41) is 0. The number of hydrogen-bond donors (Lipinski definition) is 0. The molecule has 3 heteroatoms. The highest BCUT2D eigenvalue weighted by atomic mass is 16.7. The molecule has 0 amide bonds. The van der Waals surface area contributed by atoms with Crippen molar-refractivity contribution in [3.63, 3.8) is 0 Å². The molecule has 2 aromatic rings. The number of nitrogens with zero attached hydrogens (tertiary/aromatic N) is 1. The van der Waals surface area contributed by atoms with Crippen LogP contribution in [-0.4, -0.2) is 20.1 Å². The van der Waals surface area contributed by atoms with Crippen molar-refractivity contribution in [1.29, 1.82) is 0 Å². The fraction of sp³-hybridized carbons (Fsp3) is 0.118. The summed E-state index contributed by atoms with van der Waals surface area (Å²) in [6.45, 7) is 0.252. The Morgan fingerprint density at radius 2 is 1.75 bits per heavy atom. The topological polar surface area (TPSA) is 30.8 Å². The van der Waals surface area contributed by atoms with Gasteiger partial charge in [-0.15, -0.1) is 0 Å². The van der Waals surface area contributed by atoms with Gasteiger partial charge in [-0.3, -0.25) is 4.99 Å². The summed E-state index contributed by atoms with van der Waals surface area (Å²) in [7, 11) is 1.59. The summed E-state index contributed by atoms with van der Waals surface area (Å²) >= 11 is 0. The molecule has 0 bridgehead atoms. The minimum absolute atomic E-state index is 0.252. The Labute approximate surface area is 119 Å². The van der Waals surface area contributed by atoms with Crippen LogP contribution in [-0.2, 0) is 4.74 Å². The van der Waals surface area contributed by atoms with Gasteiger partial charge >= 0.3 is 0 Å². The maximum atomic E-state index is 5.31. The van der Waals surface area contributed by atoms with E-state index in [2.05, 4.69) is 4.99 Å². The number of ether oxygens (including phenoxy) is 2. The molecule has 2 aromatic carbocycles. The van der Waals surface area contributed by atoms with E-state index in [1.807, 2.05) is 66.7 Å². The van der Waals surface area contributed by atoms with Crippen LogP contribution in [0.1, 0.15) is 5.56 Å². The van der Waals surface area contributed by atoms with Crippen LogP contribution in [0.15, 0.2) is 65.7 Å². The summed E-state index contributed by atoms with van der Waals surface area (Å²) in [5.74, 6) is 0.769. The van der Waals surface area contributed by atoms with Gasteiger partial charge in [-0.05, 0) is 35.9 Å². The summed E-state index contributed by atoms with van der Waals surface area (Å²) < 4.78 is 10.1. The van der Waals surface area contributed by atoms with Crippen molar-refractivity contribution < 1.29 is 9.47 Å². The van der Waals surface area contributed by atoms with Gasteiger partial charge in [0.05, 0.1) is 5.69 Å². The third-order valence-corrected chi connectivity index (χ3v) is 2.58. The molecule has 0 aliphatic heterocycles. The highest BCUT2D eigenvalue weighted by Gasteiger charge is 1.92. The average Bonchev–Trinajstić information content (AvgIpc) is 2.52. The first-order chi connectivity index (χ1) is 9.88. The van der Waals surface area contributed by atoms with E-state index in [4.69, 9.17) is 9.47 Å². The van der Waals surface area contributed by atoms with Gasteiger partial charge in [0.25, 0.3) is 0 Å². The molecule has 0 saturated heterocycles. The fourth-order valence-electron chi connectivity index (χ4n) is 1.60. The first-order valence-corrected chi connectivity index (χ1v) is 6.36. The third kappa shape index (κ3) is 4.71. The minimum atomic E-state index is 0.252. The van der Waals surface area contributed by atoms with Crippen LogP contribution in [0.25, 0.3) is 6.08 Å². The van der Waals surface area contributed by atoms with E-state index in [-0.39, 0.29) is 6.79 Å². The van der Waals surface area contributed by atoms with Gasteiger partial charge in [-0.25, -0.2) is 0 Å². The first kappa shape index (κ1) is 14.0. The minimum Gasteiger partial charge on any atom is -0.468 e. The monoisotopic (exact) mass is 267 g/mol. The summed E-state index contributed by atoms with van der Waals surface area (Å²) in [6, 6.07) is 17.7.